The van der Waals surface area contributed by atoms with Crippen molar-refractivity contribution < 1.29 is 45.3 Å². The Bertz CT molecular complexity index is 1280. The number of rotatable bonds is 10. The van der Waals surface area contributed by atoms with Gasteiger partial charge in [0.1, 0.15) is 29.5 Å². The zero-order valence-electron chi connectivity index (χ0n) is 19.6. The summed E-state index contributed by atoms with van der Waals surface area (Å²) in [7, 11) is 0. The number of aromatic nitrogens is 4. The van der Waals surface area contributed by atoms with Gasteiger partial charge in [-0.3, -0.25) is 0 Å². The summed E-state index contributed by atoms with van der Waals surface area (Å²) in [4.78, 5) is 0. The maximum Gasteiger partial charge on any atom is 0.422 e. The molecule has 38 heavy (non-hydrogen) atoms. The van der Waals surface area contributed by atoms with Crippen molar-refractivity contribution in [1.29, 1.82) is 0 Å². The van der Waals surface area contributed by atoms with Crippen LogP contribution in [0.15, 0.2) is 48.8 Å². The molecule has 0 unspecified atom stereocenters. The Morgan fingerprint density at radius 2 is 1.55 bits per heavy atom. The van der Waals surface area contributed by atoms with Crippen LogP contribution in [0.2, 0.25) is 0 Å². The van der Waals surface area contributed by atoms with Crippen LogP contribution in [0.5, 0.6) is 11.5 Å². The highest BCUT2D eigenvalue weighted by molar-refractivity contribution is 5.35. The lowest BCUT2D eigenvalue weighted by atomic mass is 9.32. The molecule has 3 aromatic rings. The Kier molecular flexibility index (Phi) is 6.08. The predicted molar refractivity (Wildman–Crippen MR) is 115 cm³/mol. The van der Waals surface area contributed by atoms with E-state index in [1.807, 2.05) is 0 Å². The molecule has 1 N–H and O–H groups in total. The Balaban J connectivity index is 1.28. The van der Waals surface area contributed by atoms with E-state index < -0.39 is 58.9 Å². The van der Waals surface area contributed by atoms with E-state index in [0.717, 1.165) is 23.1 Å². The number of aliphatic hydroxyl groups is 1. The van der Waals surface area contributed by atoms with Crippen LogP contribution in [-0.4, -0.2) is 50.6 Å². The first-order chi connectivity index (χ1) is 17.8. The summed E-state index contributed by atoms with van der Waals surface area (Å²) in [5.74, 6) is -5.86. The molecule has 14 heteroatoms. The Morgan fingerprint density at radius 1 is 0.921 bits per heavy atom. The molecule has 3 aliphatic rings. The van der Waals surface area contributed by atoms with Crippen LogP contribution >= 0.6 is 0 Å². The molecule has 3 aliphatic carbocycles. The third-order valence-corrected chi connectivity index (χ3v) is 7.26. The molecule has 0 saturated heterocycles. The Hall–Kier alpha value is -3.42. The minimum Gasteiger partial charge on any atom is -0.493 e. The molecule has 0 amide bonds. The van der Waals surface area contributed by atoms with Gasteiger partial charge in [0.15, 0.2) is 12.2 Å². The van der Waals surface area contributed by atoms with Crippen molar-refractivity contribution in [3.05, 3.63) is 66.0 Å². The van der Waals surface area contributed by atoms with E-state index in [9.17, 15) is 27.1 Å². The van der Waals surface area contributed by atoms with Crippen LogP contribution in [0, 0.1) is 22.5 Å². The molecular formula is C24H21F7N4O3. The largest absolute Gasteiger partial charge is 0.493 e. The molecular weight excluding hydrogens is 525 g/mol. The fraction of sp³-hybridized carbons (Fsp3) is 0.458. The third kappa shape index (κ3) is 4.44. The molecule has 204 valence electrons. The lowest BCUT2D eigenvalue weighted by Crippen LogP contribution is -2.75. The zero-order valence-corrected chi connectivity index (χ0v) is 19.6. The summed E-state index contributed by atoms with van der Waals surface area (Å²) >= 11 is 0. The number of benzene rings is 2. The molecule has 6 rings (SSSR count). The minimum atomic E-state index is -4.47. The molecule has 1 atom stereocenters. The van der Waals surface area contributed by atoms with Gasteiger partial charge in [-0.1, -0.05) is 0 Å². The van der Waals surface area contributed by atoms with Crippen LogP contribution in [0.3, 0.4) is 0 Å². The monoisotopic (exact) mass is 546 g/mol. The van der Waals surface area contributed by atoms with Gasteiger partial charge in [0.05, 0.1) is 13.2 Å². The number of ether oxygens (including phenoxy) is 2. The number of hydrogen-bond donors (Lipinski definition) is 1. The van der Waals surface area contributed by atoms with Crippen molar-refractivity contribution >= 4 is 0 Å². The van der Waals surface area contributed by atoms with E-state index in [0.29, 0.717) is 11.8 Å². The highest BCUT2D eigenvalue weighted by atomic mass is 19.4. The number of hydrogen-bond acceptors (Lipinski definition) is 6. The van der Waals surface area contributed by atoms with Crippen molar-refractivity contribution in [1.82, 2.24) is 20.2 Å². The molecule has 2 aromatic carbocycles. The summed E-state index contributed by atoms with van der Waals surface area (Å²) in [6.07, 6.45) is -3.56. The minimum absolute atomic E-state index is 0.00585. The summed E-state index contributed by atoms with van der Waals surface area (Å²) in [6.45, 7) is -2.25. The van der Waals surface area contributed by atoms with Crippen LogP contribution in [0.25, 0.3) is 0 Å². The molecule has 0 spiro atoms. The topological polar surface area (TPSA) is 82.3 Å². The van der Waals surface area contributed by atoms with Crippen LogP contribution < -0.4 is 9.47 Å². The summed E-state index contributed by atoms with van der Waals surface area (Å²) < 4.78 is 108. The van der Waals surface area contributed by atoms with Gasteiger partial charge in [0.25, 0.3) is 5.92 Å². The van der Waals surface area contributed by atoms with Crippen molar-refractivity contribution in [2.45, 2.75) is 43.5 Å². The maximum absolute atomic E-state index is 16.1. The van der Waals surface area contributed by atoms with Gasteiger partial charge in [-0.25, -0.2) is 22.2 Å². The second-order valence-electron chi connectivity index (χ2n) is 10.0. The van der Waals surface area contributed by atoms with Gasteiger partial charge in [0.2, 0.25) is 0 Å². The van der Waals surface area contributed by atoms with Crippen LogP contribution in [0.4, 0.5) is 30.7 Å². The van der Waals surface area contributed by atoms with E-state index in [1.165, 1.54) is 24.3 Å². The van der Waals surface area contributed by atoms with E-state index in [2.05, 4.69) is 20.3 Å². The fourth-order valence-corrected chi connectivity index (χ4v) is 5.62. The van der Waals surface area contributed by atoms with Gasteiger partial charge in [-0.05, 0) is 66.1 Å². The van der Waals surface area contributed by atoms with E-state index >= 15 is 8.78 Å². The van der Waals surface area contributed by atoms with Crippen LogP contribution in [-0.2, 0) is 12.1 Å². The molecule has 7 nitrogen and oxygen atoms in total. The fourth-order valence-electron chi connectivity index (χ4n) is 5.62. The van der Waals surface area contributed by atoms with Crippen LogP contribution in [0.1, 0.15) is 24.8 Å². The molecule has 1 heterocycles. The van der Waals surface area contributed by atoms with E-state index in [-0.39, 0.29) is 31.6 Å². The lowest BCUT2D eigenvalue weighted by Gasteiger charge is -2.73. The average molecular weight is 546 g/mol. The number of nitrogens with zero attached hydrogens (tertiary/aromatic N) is 4. The normalized spacial score (nSPS) is 24.2. The van der Waals surface area contributed by atoms with Gasteiger partial charge in [-0.15, -0.1) is 5.10 Å². The first-order valence-corrected chi connectivity index (χ1v) is 11.5. The molecule has 1 aromatic heterocycles. The Morgan fingerprint density at radius 3 is 2.11 bits per heavy atom. The number of alkyl halides is 5. The first-order valence-electron chi connectivity index (χ1n) is 11.5. The standard InChI is InChI=1S/C24H21F7N4O3/c25-15-1-6-18(19(26)7-15)22(36,11-35-14-32-33-34-35)24(30,31)21-8-20(9-21,10-21)12-37-16-2-4-17(5-3-16)38-13-23(27,28)29/h1-7,14,36H,8-13H2/t20?,21?,22-/m0/s1. The van der Waals surface area contributed by atoms with Gasteiger partial charge in [0, 0.05) is 22.5 Å². The molecule has 3 fully saturated rings. The maximum atomic E-state index is 16.1. The van der Waals surface area contributed by atoms with Gasteiger partial charge in [-0.2, -0.15) is 13.2 Å². The molecule has 3 saturated carbocycles. The molecule has 0 radical (unpaired) electrons. The van der Waals surface area contributed by atoms with Gasteiger partial charge >= 0.3 is 6.18 Å². The Labute approximate surface area is 211 Å². The average Bonchev–Trinajstić information content (AvgIpc) is 3.28. The van der Waals surface area contributed by atoms with Crippen molar-refractivity contribution in [2.24, 2.45) is 10.8 Å². The highest BCUT2D eigenvalue weighted by Gasteiger charge is 2.82. The molecule has 2 bridgehead atoms. The van der Waals surface area contributed by atoms with Crippen molar-refractivity contribution in [2.75, 3.05) is 13.2 Å². The zero-order chi connectivity index (χ0) is 27.4. The second kappa shape index (κ2) is 8.82. The molecule has 0 aliphatic heterocycles. The van der Waals surface area contributed by atoms with Gasteiger partial charge < -0.3 is 14.6 Å². The summed E-state index contributed by atoms with van der Waals surface area (Å²) in [6, 6.07) is 7.41. The number of tetrazole rings is 1. The SMILES string of the molecule is O[C@@](Cn1cnnn1)(c1ccc(F)cc1F)C(F)(F)C12CC(COc3ccc(OCC(F)(F)F)cc3)(C1)C2. The highest BCUT2D eigenvalue weighted by Crippen LogP contribution is 2.80. The predicted octanol–water partition coefficient (Wildman–Crippen LogP) is 4.66. The quantitative estimate of drug-likeness (QED) is 0.373. The van der Waals surface area contributed by atoms with Crippen molar-refractivity contribution in [3.8, 4) is 11.5 Å². The summed E-state index contributed by atoms with van der Waals surface area (Å²) in [5, 5.41) is 21.6. The van der Waals surface area contributed by atoms with E-state index in [4.69, 9.17) is 4.74 Å². The van der Waals surface area contributed by atoms with Crippen molar-refractivity contribution in [3.63, 3.8) is 0 Å². The second-order valence-corrected chi connectivity index (χ2v) is 10.0. The first kappa shape index (κ1) is 26.2. The smallest absolute Gasteiger partial charge is 0.422 e. The lowest BCUT2D eigenvalue weighted by molar-refractivity contribution is -0.373. The third-order valence-electron chi connectivity index (χ3n) is 7.26. The van der Waals surface area contributed by atoms with E-state index in [1.54, 1.807) is 0 Å². The summed E-state index contributed by atoms with van der Waals surface area (Å²) in [5.41, 5.74) is -6.12. The number of halogens is 7.